The Labute approximate surface area is 72.7 Å². The molecular formula is C8H16N2O2. The van der Waals surface area contributed by atoms with Gasteiger partial charge in [0.15, 0.2) is 0 Å². The second-order valence-electron chi connectivity index (χ2n) is 3.26. The molecule has 12 heavy (non-hydrogen) atoms. The number of hydrogen-bond acceptors (Lipinski definition) is 3. The summed E-state index contributed by atoms with van der Waals surface area (Å²) in [5.74, 6) is -0.00880. The van der Waals surface area contributed by atoms with E-state index in [4.69, 9.17) is 10.5 Å². The highest BCUT2D eigenvalue weighted by Gasteiger charge is 2.25. The lowest BCUT2D eigenvalue weighted by atomic mass is 10.2. The number of nitrogens with two attached hydrogens (primary N) is 1. The molecule has 2 atom stereocenters. The van der Waals surface area contributed by atoms with E-state index >= 15 is 0 Å². The predicted octanol–water partition coefficient (Wildman–Crippen LogP) is -0.419. The fourth-order valence-corrected chi connectivity index (χ4v) is 1.33. The lowest BCUT2D eigenvalue weighted by molar-refractivity contribution is -0.132. The molecule has 0 radical (unpaired) electrons. The van der Waals surface area contributed by atoms with Crippen LogP contribution in [0.5, 0.6) is 0 Å². The van der Waals surface area contributed by atoms with Crippen molar-refractivity contribution in [1.82, 2.24) is 4.90 Å². The van der Waals surface area contributed by atoms with Gasteiger partial charge < -0.3 is 15.4 Å². The van der Waals surface area contributed by atoms with Crippen molar-refractivity contribution in [2.75, 3.05) is 20.3 Å². The van der Waals surface area contributed by atoms with Crippen LogP contribution >= 0.6 is 0 Å². The third-order valence-corrected chi connectivity index (χ3v) is 2.19. The summed E-state index contributed by atoms with van der Waals surface area (Å²) in [5.41, 5.74) is 5.47. The van der Waals surface area contributed by atoms with Gasteiger partial charge in [-0.3, -0.25) is 4.79 Å². The van der Waals surface area contributed by atoms with E-state index in [9.17, 15) is 4.79 Å². The molecule has 1 saturated heterocycles. The number of amides is 1. The largest absolute Gasteiger partial charge is 0.379 e. The van der Waals surface area contributed by atoms with E-state index in [2.05, 4.69) is 0 Å². The van der Waals surface area contributed by atoms with E-state index in [1.165, 1.54) is 0 Å². The highest BCUT2D eigenvalue weighted by Crippen LogP contribution is 2.10. The zero-order chi connectivity index (χ0) is 9.14. The molecule has 1 heterocycles. The lowest BCUT2D eigenvalue weighted by Gasteiger charge is -2.24. The van der Waals surface area contributed by atoms with E-state index in [0.29, 0.717) is 6.61 Å². The Morgan fingerprint density at radius 1 is 1.75 bits per heavy atom. The number of nitrogens with zero attached hydrogens (tertiary/aromatic N) is 1. The van der Waals surface area contributed by atoms with Gasteiger partial charge in [-0.05, 0) is 13.3 Å². The first-order valence-corrected chi connectivity index (χ1v) is 4.23. The maximum absolute atomic E-state index is 11.4. The highest BCUT2D eigenvalue weighted by molar-refractivity contribution is 5.81. The molecule has 1 aliphatic rings. The second kappa shape index (κ2) is 3.87. The van der Waals surface area contributed by atoms with Crippen molar-refractivity contribution in [3.8, 4) is 0 Å². The predicted molar refractivity (Wildman–Crippen MR) is 45.6 cm³/mol. The first kappa shape index (κ1) is 9.48. The Bertz CT molecular complexity index is 164. The minimum atomic E-state index is -0.407. The van der Waals surface area contributed by atoms with Gasteiger partial charge in [0.05, 0.1) is 18.7 Å². The van der Waals surface area contributed by atoms with Crippen LogP contribution in [0.1, 0.15) is 13.3 Å². The summed E-state index contributed by atoms with van der Waals surface area (Å²) in [7, 11) is 1.78. The van der Waals surface area contributed by atoms with E-state index in [-0.39, 0.29) is 11.9 Å². The molecule has 0 aromatic carbocycles. The molecule has 1 amide bonds. The highest BCUT2D eigenvalue weighted by atomic mass is 16.5. The molecule has 0 bridgehead atoms. The van der Waals surface area contributed by atoms with Crippen LogP contribution in [0.3, 0.4) is 0 Å². The summed E-state index contributed by atoms with van der Waals surface area (Å²) in [5, 5.41) is 0. The summed E-state index contributed by atoms with van der Waals surface area (Å²) < 4.78 is 5.17. The standard InChI is InChI=1S/C8H16N2O2/c1-6(9)8(11)10(2)7-3-4-12-5-7/h6-7H,3-5,9H2,1-2H3/t6-,7?/m0/s1. The van der Waals surface area contributed by atoms with Gasteiger partial charge in [0, 0.05) is 13.7 Å². The minimum absolute atomic E-state index is 0.00880. The molecule has 1 aliphatic heterocycles. The number of hydrogen-bond donors (Lipinski definition) is 1. The maximum Gasteiger partial charge on any atom is 0.239 e. The van der Waals surface area contributed by atoms with Crippen molar-refractivity contribution in [3.05, 3.63) is 0 Å². The molecule has 4 heteroatoms. The lowest BCUT2D eigenvalue weighted by Crippen LogP contribution is -2.45. The SMILES string of the molecule is C[C@H](N)C(=O)N(C)C1CCOC1. The van der Waals surface area contributed by atoms with E-state index in [1.54, 1.807) is 18.9 Å². The fourth-order valence-electron chi connectivity index (χ4n) is 1.33. The number of carbonyl (C=O) groups is 1. The van der Waals surface area contributed by atoms with Crippen LogP contribution in [0.4, 0.5) is 0 Å². The molecule has 70 valence electrons. The third-order valence-electron chi connectivity index (χ3n) is 2.19. The summed E-state index contributed by atoms with van der Waals surface area (Å²) in [6.07, 6.45) is 0.926. The molecule has 0 spiro atoms. The third kappa shape index (κ3) is 1.95. The Kier molecular flexibility index (Phi) is 3.05. The summed E-state index contributed by atoms with van der Waals surface area (Å²) in [4.78, 5) is 13.1. The fraction of sp³-hybridized carbons (Fsp3) is 0.875. The molecule has 4 nitrogen and oxygen atoms in total. The molecular weight excluding hydrogens is 156 g/mol. The maximum atomic E-state index is 11.4. The molecule has 2 N–H and O–H groups in total. The number of ether oxygens (including phenoxy) is 1. The van der Waals surface area contributed by atoms with Gasteiger partial charge in [-0.1, -0.05) is 0 Å². The first-order chi connectivity index (χ1) is 5.63. The normalized spacial score (nSPS) is 25.4. The Morgan fingerprint density at radius 2 is 2.42 bits per heavy atom. The van der Waals surface area contributed by atoms with Crippen LogP contribution in [-0.4, -0.2) is 43.2 Å². The van der Waals surface area contributed by atoms with Crippen molar-refractivity contribution in [2.24, 2.45) is 5.73 Å². The average molecular weight is 172 g/mol. The van der Waals surface area contributed by atoms with Crippen molar-refractivity contribution in [3.63, 3.8) is 0 Å². The smallest absolute Gasteiger partial charge is 0.239 e. The second-order valence-corrected chi connectivity index (χ2v) is 3.26. The quantitative estimate of drug-likeness (QED) is 0.615. The zero-order valence-electron chi connectivity index (χ0n) is 7.62. The zero-order valence-corrected chi connectivity index (χ0v) is 7.62. The number of likely N-dealkylation sites (N-methyl/N-ethyl adjacent to an activating group) is 1. The van der Waals surface area contributed by atoms with Gasteiger partial charge in [-0.15, -0.1) is 0 Å². The number of carbonyl (C=O) groups excluding carboxylic acids is 1. The van der Waals surface area contributed by atoms with Crippen molar-refractivity contribution >= 4 is 5.91 Å². The molecule has 0 saturated carbocycles. The van der Waals surface area contributed by atoms with Crippen LogP contribution in [0.15, 0.2) is 0 Å². The van der Waals surface area contributed by atoms with Gasteiger partial charge in [-0.25, -0.2) is 0 Å². The van der Waals surface area contributed by atoms with Crippen LogP contribution in [0, 0.1) is 0 Å². The van der Waals surface area contributed by atoms with Crippen LogP contribution < -0.4 is 5.73 Å². The Hall–Kier alpha value is -0.610. The topological polar surface area (TPSA) is 55.6 Å². The Balaban J connectivity index is 2.45. The average Bonchev–Trinajstić information content (AvgIpc) is 2.53. The summed E-state index contributed by atoms with van der Waals surface area (Å²) in [6.45, 7) is 3.10. The molecule has 0 aromatic rings. The monoisotopic (exact) mass is 172 g/mol. The molecule has 0 aliphatic carbocycles. The van der Waals surface area contributed by atoms with Gasteiger partial charge >= 0.3 is 0 Å². The van der Waals surface area contributed by atoms with E-state index in [1.807, 2.05) is 0 Å². The number of rotatable bonds is 2. The van der Waals surface area contributed by atoms with Crippen molar-refractivity contribution in [1.29, 1.82) is 0 Å². The first-order valence-electron chi connectivity index (χ1n) is 4.23. The van der Waals surface area contributed by atoms with Crippen LogP contribution in [0.2, 0.25) is 0 Å². The van der Waals surface area contributed by atoms with Crippen molar-refractivity contribution in [2.45, 2.75) is 25.4 Å². The van der Waals surface area contributed by atoms with Gasteiger partial charge in [0.2, 0.25) is 5.91 Å². The molecule has 0 aromatic heterocycles. The van der Waals surface area contributed by atoms with Gasteiger partial charge in [0.25, 0.3) is 0 Å². The van der Waals surface area contributed by atoms with Gasteiger partial charge in [0.1, 0.15) is 0 Å². The van der Waals surface area contributed by atoms with Crippen LogP contribution in [-0.2, 0) is 9.53 Å². The van der Waals surface area contributed by atoms with E-state index < -0.39 is 6.04 Å². The molecule has 1 fully saturated rings. The van der Waals surface area contributed by atoms with E-state index in [0.717, 1.165) is 13.0 Å². The summed E-state index contributed by atoms with van der Waals surface area (Å²) in [6, 6.07) is -0.181. The van der Waals surface area contributed by atoms with Gasteiger partial charge in [-0.2, -0.15) is 0 Å². The Morgan fingerprint density at radius 3 is 2.83 bits per heavy atom. The summed E-state index contributed by atoms with van der Waals surface area (Å²) >= 11 is 0. The minimum Gasteiger partial charge on any atom is -0.379 e. The van der Waals surface area contributed by atoms with Crippen molar-refractivity contribution < 1.29 is 9.53 Å². The molecule has 1 rings (SSSR count). The van der Waals surface area contributed by atoms with Crippen LogP contribution in [0.25, 0.3) is 0 Å². The molecule has 1 unspecified atom stereocenters.